The minimum Gasteiger partial charge on any atom is -0.462 e. The lowest BCUT2D eigenvalue weighted by Crippen LogP contribution is -2.30. The molecule has 0 amide bonds. The quantitative estimate of drug-likeness (QED) is 0.0169. The molecule has 0 spiro atoms. The first-order valence-corrected chi connectivity index (χ1v) is 40.7. The predicted octanol–water partition coefficient (Wildman–Crippen LogP) is 21.8. The van der Waals surface area contributed by atoms with Gasteiger partial charge >= 0.3 is 39.5 Å². The van der Waals surface area contributed by atoms with E-state index in [0.29, 0.717) is 38.5 Å². The first-order valence-electron chi connectivity index (χ1n) is 37.7. The Labute approximate surface area is 615 Å². The van der Waals surface area contributed by atoms with Gasteiger partial charge in [-0.05, 0) is 167 Å². The Morgan fingerprint density at radius 2 is 0.520 bits per heavy atom. The van der Waals surface area contributed by atoms with Gasteiger partial charge in [-0.25, -0.2) is 9.13 Å². The standard InChI is InChI=1S/C83H130O17P2/c1-5-9-13-17-21-25-29-33-36-38-41-45-48-52-56-60-64-68-81(86)94-74-79(100-83(88)70-66-62-58-54-50-46-42-39-37-34-30-26-22-18-14-10-6-2)76-98-102(91,92)96-72-77(84)71-95-101(89,90)97-75-78(99-82(87)69-65-61-57-53-49-43-32-28-24-20-16-12-8-4)73-93-80(85)67-63-59-55-51-47-44-40-35-31-27-23-19-15-11-7-3/h9-11,13-16,20-23,25-28,32-37,40-42,45-47,51-52,54,56,58,77-79,84H,5-8,12,17-19,24,29-31,38-39,43-44,48-50,53,55,57,59-76H2,1-4H3,(H,89,90)(H,91,92)/b13-9-,14-10-,15-11-,20-16-,25-21-,26-22-,27-23-,32-28-,36-33-,37-34-,40-35-,45-41-,46-42-,51-47-,56-52-,58-54-. The van der Waals surface area contributed by atoms with E-state index in [2.05, 4.69) is 198 Å². The number of allylic oxidation sites excluding steroid dienone is 32. The fourth-order valence-corrected chi connectivity index (χ4v) is 10.5. The van der Waals surface area contributed by atoms with Crippen LogP contribution in [0.3, 0.4) is 0 Å². The number of aliphatic hydroxyl groups is 1. The van der Waals surface area contributed by atoms with Gasteiger partial charge in [0.2, 0.25) is 0 Å². The number of rotatable bonds is 68. The topological polar surface area (TPSA) is 237 Å². The molecule has 0 aliphatic rings. The second kappa shape index (κ2) is 73.2. The third-order valence-electron chi connectivity index (χ3n) is 14.5. The summed E-state index contributed by atoms with van der Waals surface area (Å²) < 4.78 is 68.3. The zero-order valence-electron chi connectivity index (χ0n) is 62.4. The van der Waals surface area contributed by atoms with E-state index in [0.717, 1.165) is 154 Å². The molecule has 0 fully saturated rings. The van der Waals surface area contributed by atoms with Crippen LogP contribution in [0.2, 0.25) is 0 Å². The van der Waals surface area contributed by atoms with E-state index in [-0.39, 0.29) is 25.7 Å². The van der Waals surface area contributed by atoms with E-state index in [4.69, 9.17) is 37.0 Å². The lowest BCUT2D eigenvalue weighted by molar-refractivity contribution is -0.161. The van der Waals surface area contributed by atoms with Gasteiger partial charge in [0.25, 0.3) is 0 Å². The third kappa shape index (κ3) is 72.3. The number of hydrogen-bond donors (Lipinski definition) is 3. The van der Waals surface area contributed by atoms with Crippen LogP contribution in [0.4, 0.5) is 0 Å². The maximum absolute atomic E-state index is 13.1. The van der Waals surface area contributed by atoms with Gasteiger partial charge in [0, 0.05) is 25.7 Å². The highest BCUT2D eigenvalue weighted by atomic mass is 31.2. The molecule has 0 aromatic rings. The molecule has 3 N–H and O–H groups in total. The van der Waals surface area contributed by atoms with Crippen molar-refractivity contribution in [2.75, 3.05) is 39.6 Å². The Balaban J connectivity index is 5.53. The number of phosphoric acid groups is 2. The molecule has 0 aliphatic heterocycles. The second-order valence-corrected chi connectivity index (χ2v) is 27.0. The molecule has 17 nitrogen and oxygen atoms in total. The first kappa shape index (κ1) is 95.9. The van der Waals surface area contributed by atoms with Crippen LogP contribution in [0.5, 0.6) is 0 Å². The van der Waals surface area contributed by atoms with Gasteiger partial charge in [-0.3, -0.25) is 37.3 Å². The molecule has 0 saturated carbocycles. The van der Waals surface area contributed by atoms with Gasteiger partial charge in [-0.15, -0.1) is 0 Å². The van der Waals surface area contributed by atoms with E-state index >= 15 is 0 Å². The largest absolute Gasteiger partial charge is 0.472 e. The monoisotopic (exact) mass is 1460 g/mol. The highest BCUT2D eigenvalue weighted by molar-refractivity contribution is 7.47. The SMILES string of the molecule is CC/C=C\C/C=C\C/C=C\C/C=C\C/C=C\CCCC(=O)OCC(COP(=O)(O)OCC(O)COP(=O)(O)OCC(COC(=O)CCCC/C=C\C/C=C\C/C=C\C/C=C\CC)OC(=O)CCCCCCC/C=C\C/C=C\CCC)OC(=O)CCC/C=C\C/C=C\C/C=C\C/C=C\C/C=C\CC. The van der Waals surface area contributed by atoms with Gasteiger partial charge in [-0.1, -0.05) is 248 Å². The van der Waals surface area contributed by atoms with Crippen LogP contribution >= 0.6 is 15.6 Å². The smallest absolute Gasteiger partial charge is 0.462 e. The van der Waals surface area contributed by atoms with Crippen molar-refractivity contribution >= 4 is 39.5 Å². The Morgan fingerprint density at radius 3 is 0.853 bits per heavy atom. The Hall–Kier alpha value is -6.10. The molecule has 574 valence electrons. The van der Waals surface area contributed by atoms with Crippen molar-refractivity contribution in [2.45, 2.75) is 264 Å². The number of esters is 4. The Morgan fingerprint density at radius 1 is 0.284 bits per heavy atom. The first-order chi connectivity index (χ1) is 49.7. The van der Waals surface area contributed by atoms with Crippen molar-refractivity contribution in [3.8, 4) is 0 Å². The summed E-state index contributed by atoms with van der Waals surface area (Å²) in [6.45, 7) is 4.22. The predicted molar refractivity (Wildman–Crippen MR) is 417 cm³/mol. The zero-order valence-corrected chi connectivity index (χ0v) is 64.2. The minimum atomic E-state index is -5.02. The van der Waals surface area contributed by atoms with Crippen LogP contribution in [-0.2, 0) is 65.4 Å². The maximum atomic E-state index is 13.1. The Bertz CT molecular complexity index is 2700. The number of aliphatic hydroxyl groups excluding tert-OH is 1. The van der Waals surface area contributed by atoms with Gasteiger partial charge < -0.3 is 33.8 Å². The van der Waals surface area contributed by atoms with Crippen LogP contribution in [-0.4, -0.2) is 96.7 Å². The van der Waals surface area contributed by atoms with Gasteiger partial charge in [-0.2, -0.15) is 0 Å². The molecule has 0 rings (SSSR count). The van der Waals surface area contributed by atoms with Crippen molar-refractivity contribution in [1.29, 1.82) is 0 Å². The van der Waals surface area contributed by atoms with E-state index in [1.54, 1.807) is 0 Å². The van der Waals surface area contributed by atoms with Gasteiger partial charge in [0.05, 0.1) is 26.4 Å². The normalized spacial score (nSPS) is 15.0. The highest BCUT2D eigenvalue weighted by Gasteiger charge is 2.30. The molecule has 0 aromatic carbocycles. The number of unbranched alkanes of at least 4 members (excludes halogenated alkanes) is 10. The summed E-state index contributed by atoms with van der Waals surface area (Å²) in [4.78, 5) is 72.8. The molecule has 5 atom stereocenters. The van der Waals surface area contributed by atoms with Crippen LogP contribution in [0, 0.1) is 0 Å². The third-order valence-corrected chi connectivity index (χ3v) is 16.4. The number of ether oxygens (including phenoxy) is 4. The van der Waals surface area contributed by atoms with E-state index in [1.165, 1.54) is 0 Å². The molecular formula is C83H130O17P2. The number of hydrogen-bond acceptors (Lipinski definition) is 15. The number of phosphoric ester groups is 2. The summed E-state index contributed by atoms with van der Waals surface area (Å²) in [6, 6.07) is 0. The van der Waals surface area contributed by atoms with E-state index in [1.807, 2.05) is 24.3 Å². The highest BCUT2D eigenvalue weighted by Crippen LogP contribution is 2.45. The fourth-order valence-electron chi connectivity index (χ4n) is 8.91. The molecule has 0 bridgehead atoms. The minimum absolute atomic E-state index is 0.00524. The van der Waals surface area contributed by atoms with Crippen LogP contribution in [0.25, 0.3) is 0 Å². The number of carbonyl (C=O) groups excluding carboxylic acids is 4. The second-order valence-electron chi connectivity index (χ2n) is 24.1. The van der Waals surface area contributed by atoms with Crippen molar-refractivity contribution in [3.63, 3.8) is 0 Å². The maximum Gasteiger partial charge on any atom is 0.472 e. The summed E-state index contributed by atoms with van der Waals surface area (Å²) in [5.74, 6) is -2.40. The van der Waals surface area contributed by atoms with Crippen LogP contribution in [0.15, 0.2) is 194 Å². The average Bonchev–Trinajstić information content (AvgIpc) is 0.959. The molecule has 19 heteroatoms. The average molecular weight is 1460 g/mol. The summed E-state index contributed by atoms with van der Waals surface area (Å²) in [6.07, 6.45) is 88.8. The molecule has 0 radical (unpaired) electrons. The van der Waals surface area contributed by atoms with Crippen molar-refractivity contribution < 1.29 is 80.2 Å². The summed E-state index contributed by atoms with van der Waals surface area (Å²) in [7, 11) is -10.0. The Kier molecular flexibility index (Phi) is 68.8. The van der Waals surface area contributed by atoms with Crippen LogP contribution in [0.1, 0.15) is 246 Å². The lowest BCUT2D eigenvalue weighted by Gasteiger charge is -2.21. The molecular weight excluding hydrogens is 1330 g/mol. The van der Waals surface area contributed by atoms with Crippen molar-refractivity contribution in [3.05, 3.63) is 194 Å². The van der Waals surface area contributed by atoms with Gasteiger partial charge in [0.1, 0.15) is 19.3 Å². The van der Waals surface area contributed by atoms with E-state index in [9.17, 15) is 43.2 Å². The molecule has 0 heterocycles. The molecule has 0 aromatic heterocycles. The summed E-state index contributed by atoms with van der Waals surface area (Å²) in [5, 5.41) is 10.6. The van der Waals surface area contributed by atoms with Crippen molar-refractivity contribution in [2.24, 2.45) is 0 Å². The van der Waals surface area contributed by atoms with Gasteiger partial charge in [0.15, 0.2) is 12.2 Å². The molecule has 0 aliphatic carbocycles. The zero-order chi connectivity index (χ0) is 74.6. The van der Waals surface area contributed by atoms with Crippen molar-refractivity contribution in [1.82, 2.24) is 0 Å². The lowest BCUT2D eigenvalue weighted by atomic mass is 10.1. The number of carbonyl (C=O) groups is 4. The fraction of sp³-hybridized carbons (Fsp3) is 0.566. The summed E-state index contributed by atoms with van der Waals surface area (Å²) >= 11 is 0. The van der Waals surface area contributed by atoms with Crippen LogP contribution < -0.4 is 0 Å². The van der Waals surface area contributed by atoms with E-state index < -0.39 is 97.5 Å². The molecule has 102 heavy (non-hydrogen) atoms. The summed E-state index contributed by atoms with van der Waals surface area (Å²) in [5.41, 5.74) is 0. The molecule has 0 saturated heterocycles. The molecule has 5 unspecified atom stereocenters.